The van der Waals surface area contributed by atoms with Crippen LogP contribution in [0.25, 0.3) is 22.0 Å². The van der Waals surface area contributed by atoms with Gasteiger partial charge in [0.2, 0.25) is 0 Å². The van der Waals surface area contributed by atoms with Crippen molar-refractivity contribution in [2.75, 3.05) is 10.6 Å². The summed E-state index contributed by atoms with van der Waals surface area (Å²) in [5, 5.41) is 7.44. The lowest BCUT2D eigenvalue weighted by Crippen LogP contribution is -2.31. The number of hydrogen-bond donors (Lipinski definition) is 4. The zero-order valence-electron chi connectivity index (χ0n) is 15.4. The minimum Gasteiger partial charge on any atom is -0.382 e. The monoisotopic (exact) mass is 390 g/mol. The molecule has 0 saturated carbocycles. The topological polar surface area (TPSA) is 127 Å². The summed E-state index contributed by atoms with van der Waals surface area (Å²) in [6.07, 6.45) is 0. The van der Waals surface area contributed by atoms with Crippen molar-refractivity contribution in [2.24, 2.45) is 11.5 Å². The molecule has 29 heavy (non-hydrogen) atoms. The molecular formula is C21H19FN6O. The molecule has 3 aromatic carbocycles. The van der Waals surface area contributed by atoms with E-state index in [1.807, 2.05) is 12.1 Å². The highest BCUT2D eigenvalue weighted by molar-refractivity contribution is 6.02. The predicted octanol–water partition coefficient (Wildman–Crippen LogP) is 3.63. The van der Waals surface area contributed by atoms with E-state index in [1.54, 1.807) is 42.5 Å². The maximum atomic E-state index is 15.1. The van der Waals surface area contributed by atoms with Crippen LogP contribution < -0.4 is 22.1 Å². The fourth-order valence-electron chi connectivity index (χ4n) is 3.41. The number of nitrogens with zero attached hydrogens (tertiary/aromatic N) is 2. The van der Waals surface area contributed by atoms with E-state index in [0.29, 0.717) is 39.9 Å². The molecule has 8 heteroatoms. The number of aromatic nitrogens is 2. The van der Waals surface area contributed by atoms with E-state index < -0.39 is 11.8 Å². The van der Waals surface area contributed by atoms with Crippen molar-refractivity contribution in [3.05, 3.63) is 72.0 Å². The van der Waals surface area contributed by atoms with Crippen LogP contribution in [0.4, 0.5) is 26.4 Å². The van der Waals surface area contributed by atoms with Crippen molar-refractivity contribution in [2.45, 2.75) is 6.54 Å². The summed E-state index contributed by atoms with van der Waals surface area (Å²) in [6.45, 7) is 0.309. The lowest BCUT2D eigenvalue weighted by atomic mass is 10.00. The summed E-state index contributed by atoms with van der Waals surface area (Å²) in [5.74, 6) is -0.228. The molecule has 4 rings (SSSR count). The standard InChI is InChI=1S/C21H19FN6O/c22-17-10-14(28(21(25)29)13-4-1-3-12(9-13)11-23)7-8-15(17)16-5-2-6-18-19(16)20(24)27-26-18/h1-10H,11,23H2,(H2,25,29)(H3,24,26,27). The number of primary amides is 1. The number of nitrogens with two attached hydrogens (primary N) is 3. The molecule has 0 spiro atoms. The molecule has 0 bridgehead atoms. The number of anilines is 3. The summed E-state index contributed by atoms with van der Waals surface area (Å²) >= 11 is 0. The number of nitrogen functional groups attached to an aromatic ring is 1. The Balaban J connectivity index is 1.81. The molecule has 0 aliphatic heterocycles. The number of H-pyrrole nitrogens is 1. The van der Waals surface area contributed by atoms with Crippen LogP contribution in [-0.4, -0.2) is 16.2 Å². The highest BCUT2D eigenvalue weighted by Crippen LogP contribution is 2.35. The van der Waals surface area contributed by atoms with Crippen molar-refractivity contribution in [1.82, 2.24) is 10.2 Å². The third-order valence-electron chi connectivity index (χ3n) is 4.74. The smallest absolute Gasteiger partial charge is 0.323 e. The fourth-order valence-corrected chi connectivity index (χ4v) is 3.41. The van der Waals surface area contributed by atoms with Crippen molar-refractivity contribution in [3.8, 4) is 11.1 Å². The SMILES string of the molecule is NCc1cccc(N(C(N)=O)c2ccc(-c3cccc4[nH]nc(N)c34)c(F)c2)c1. The predicted molar refractivity (Wildman–Crippen MR) is 112 cm³/mol. The molecule has 0 aliphatic rings. The number of rotatable bonds is 4. The first kappa shape index (κ1) is 18.5. The Morgan fingerprint density at radius 1 is 1.03 bits per heavy atom. The molecule has 0 saturated heterocycles. The number of benzene rings is 3. The number of carbonyl (C=O) groups excluding carboxylic acids is 1. The third kappa shape index (κ3) is 3.26. The van der Waals surface area contributed by atoms with Gasteiger partial charge in [0.05, 0.1) is 22.3 Å². The fraction of sp³-hybridized carbons (Fsp3) is 0.0476. The maximum Gasteiger partial charge on any atom is 0.323 e. The van der Waals surface area contributed by atoms with E-state index in [0.717, 1.165) is 5.56 Å². The number of halogens is 1. The van der Waals surface area contributed by atoms with E-state index >= 15 is 4.39 Å². The van der Waals surface area contributed by atoms with Gasteiger partial charge in [0.15, 0.2) is 5.82 Å². The zero-order chi connectivity index (χ0) is 20.5. The molecule has 7 N–H and O–H groups in total. The van der Waals surface area contributed by atoms with Gasteiger partial charge < -0.3 is 17.2 Å². The largest absolute Gasteiger partial charge is 0.382 e. The van der Waals surface area contributed by atoms with Gasteiger partial charge in [-0.1, -0.05) is 24.3 Å². The molecule has 0 aliphatic carbocycles. The number of nitrogens with one attached hydrogen (secondary N) is 1. The van der Waals surface area contributed by atoms with Crippen molar-refractivity contribution in [3.63, 3.8) is 0 Å². The quantitative estimate of drug-likeness (QED) is 0.424. The minimum absolute atomic E-state index is 0.288. The maximum absolute atomic E-state index is 15.1. The number of hydrogen-bond acceptors (Lipinski definition) is 4. The van der Waals surface area contributed by atoms with Gasteiger partial charge in [-0.15, -0.1) is 0 Å². The number of fused-ring (bicyclic) bond motifs is 1. The normalized spacial score (nSPS) is 11.0. The van der Waals surface area contributed by atoms with Crippen LogP contribution in [-0.2, 0) is 6.54 Å². The highest BCUT2D eigenvalue weighted by Gasteiger charge is 2.19. The van der Waals surface area contributed by atoms with E-state index in [2.05, 4.69) is 10.2 Å². The molecule has 7 nitrogen and oxygen atoms in total. The summed E-state index contributed by atoms with van der Waals surface area (Å²) in [6, 6.07) is 16.2. The lowest BCUT2D eigenvalue weighted by Gasteiger charge is -2.22. The number of urea groups is 1. The van der Waals surface area contributed by atoms with E-state index in [1.165, 1.54) is 11.0 Å². The summed E-state index contributed by atoms with van der Waals surface area (Å²) in [5.41, 5.74) is 20.5. The van der Waals surface area contributed by atoms with Crippen LogP contribution in [0, 0.1) is 5.82 Å². The Morgan fingerprint density at radius 2 is 1.79 bits per heavy atom. The molecule has 0 radical (unpaired) electrons. The Labute approximate surface area is 165 Å². The Morgan fingerprint density at radius 3 is 2.52 bits per heavy atom. The van der Waals surface area contributed by atoms with E-state index in [4.69, 9.17) is 17.2 Å². The van der Waals surface area contributed by atoms with Crippen molar-refractivity contribution >= 4 is 34.1 Å². The molecule has 4 aromatic rings. The zero-order valence-corrected chi connectivity index (χ0v) is 15.4. The first-order valence-corrected chi connectivity index (χ1v) is 8.90. The second-order valence-corrected chi connectivity index (χ2v) is 6.55. The Kier molecular flexibility index (Phi) is 4.61. The second-order valence-electron chi connectivity index (χ2n) is 6.55. The van der Waals surface area contributed by atoms with Gasteiger partial charge in [0.1, 0.15) is 5.82 Å². The average Bonchev–Trinajstić information content (AvgIpc) is 3.09. The minimum atomic E-state index is -0.729. The first-order chi connectivity index (χ1) is 14.0. The van der Waals surface area contributed by atoms with Crippen LogP contribution in [0.5, 0.6) is 0 Å². The van der Waals surface area contributed by atoms with Gasteiger partial charge in [-0.2, -0.15) is 5.10 Å². The average molecular weight is 390 g/mol. The van der Waals surface area contributed by atoms with Gasteiger partial charge in [0.25, 0.3) is 0 Å². The van der Waals surface area contributed by atoms with Gasteiger partial charge in [0, 0.05) is 12.1 Å². The van der Waals surface area contributed by atoms with Crippen LogP contribution >= 0.6 is 0 Å². The molecular weight excluding hydrogens is 371 g/mol. The van der Waals surface area contributed by atoms with Gasteiger partial charge in [-0.05, 0) is 47.5 Å². The lowest BCUT2D eigenvalue weighted by molar-refractivity contribution is 0.256. The number of amides is 2. The molecule has 0 fully saturated rings. The molecule has 1 aromatic heterocycles. The van der Waals surface area contributed by atoms with E-state index in [-0.39, 0.29) is 5.82 Å². The second kappa shape index (κ2) is 7.25. The molecule has 146 valence electrons. The molecule has 0 atom stereocenters. The first-order valence-electron chi connectivity index (χ1n) is 8.90. The van der Waals surface area contributed by atoms with Crippen LogP contribution in [0.2, 0.25) is 0 Å². The molecule has 2 amide bonds. The number of carbonyl (C=O) groups is 1. The van der Waals surface area contributed by atoms with Crippen LogP contribution in [0.3, 0.4) is 0 Å². The van der Waals surface area contributed by atoms with E-state index in [9.17, 15) is 4.79 Å². The third-order valence-corrected chi connectivity index (χ3v) is 4.74. The summed E-state index contributed by atoms with van der Waals surface area (Å²) in [4.78, 5) is 13.4. The van der Waals surface area contributed by atoms with Crippen molar-refractivity contribution < 1.29 is 9.18 Å². The van der Waals surface area contributed by atoms with Gasteiger partial charge in [-0.25, -0.2) is 9.18 Å². The van der Waals surface area contributed by atoms with Gasteiger partial charge >= 0.3 is 6.03 Å². The van der Waals surface area contributed by atoms with Crippen LogP contribution in [0.1, 0.15) is 5.56 Å². The Bertz CT molecular complexity index is 1220. The molecule has 0 unspecified atom stereocenters. The summed E-state index contributed by atoms with van der Waals surface area (Å²) < 4.78 is 15.1. The Hall–Kier alpha value is -3.91. The highest BCUT2D eigenvalue weighted by atomic mass is 19.1. The van der Waals surface area contributed by atoms with Crippen LogP contribution in [0.15, 0.2) is 60.7 Å². The van der Waals surface area contributed by atoms with Gasteiger partial charge in [-0.3, -0.25) is 10.00 Å². The number of aromatic amines is 1. The summed E-state index contributed by atoms with van der Waals surface area (Å²) in [7, 11) is 0. The van der Waals surface area contributed by atoms with Crippen molar-refractivity contribution in [1.29, 1.82) is 0 Å². The molecule has 1 heterocycles.